The second kappa shape index (κ2) is 8.75. The summed E-state index contributed by atoms with van der Waals surface area (Å²) < 4.78 is 5.75. The highest BCUT2D eigenvalue weighted by atomic mass is 32.2. The normalized spacial score (nSPS) is 10.7. The van der Waals surface area contributed by atoms with Crippen LogP contribution in [0.25, 0.3) is 11.5 Å². The number of carbonyl (C=O) groups is 1. The van der Waals surface area contributed by atoms with Crippen LogP contribution in [-0.4, -0.2) is 16.1 Å². The van der Waals surface area contributed by atoms with Gasteiger partial charge in [0.1, 0.15) is 0 Å². The predicted octanol–water partition coefficient (Wildman–Crippen LogP) is 5.59. The average Bonchev–Trinajstić information content (AvgIpc) is 3.22. The van der Waals surface area contributed by atoms with Gasteiger partial charge in [0, 0.05) is 22.6 Å². The van der Waals surface area contributed by atoms with Crippen LogP contribution in [0.5, 0.6) is 0 Å². The van der Waals surface area contributed by atoms with E-state index in [4.69, 9.17) is 4.42 Å². The number of amides is 1. The summed E-state index contributed by atoms with van der Waals surface area (Å²) in [6, 6.07) is 24.9. The third-order valence-electron chi connectivity index (χ3n) is 4.28. The molecular formula is C23H19N3O2S. The fourth-order valence-corrected chi connectivity index (χ4v) is 3.50. The average molecular weight is 401 g/mol. The standard InChI is InChI=1S/C23H19N3O2S/c1-16-6-5-7-19(14-16)22-25-26-23(28-22)29-15-17-10-12-18(13-11-17)21(27)24-20-8-3-2-4-9-20/h2-14H,15H2,1H3,(H,24,27). The summed E-state index contributed by atoms with van der Waals surface area (Å²) in [7, 11) is 0. The first-order chi connectivity index (χ1) is 14.2. The molecule has 0 atom stereocenters. The molecule has 0 aliphatic heterocycles. The van der Waals surface area contributed by atoms with Crippen LogP contribution in [0.4, 0.5) is 5.69 Å². The molecule has 5 nitrogen and oxygen atoms in total. The lowest BCUT2D eigenvalue weighted by molar-refractivity contribution is 0.102. The van der Waals surface area contributed by atoms with Crippen molar-refractivity contribution in [3.8, 4) is 11.5 Å². The number of rotatable bonds is 6. The third-order valence-corrected chi connectivity index (χ3v) is 5.17. The molecule has 0 radical (unpaired) electrons. The number of aromatic nitrogens is 2. The fourth-order valence-electron chi connectivity index (χ4n) is 2.79. The highest BCUT2D eigenvalue weighted by Crippen LogP contribution is 2.26. The SMILES string of the molecule is Cc1cccc(-c2nnc(SCc3ccc(C(=O)Nc4ccccc4)cc3)o2)c1. The molecule has 29 heavy (non-hydrogen) atoms. The number of hydrogen-bond donors (Lipinski definition) is 1. The summed E-state index contributed by atoms with van der Waals surface area (Å²) in [4.78, 5) is 12.3. The number of nitrogens with zero attached hydrogens (tertiary/aromatic N) is 2. The fraction of sp³-hybridized carbons (Fsp3) is 0.0870. The molecule has 1 aromatic heterocycles. The monoisotopic (exact) mass is 401 g/mol. The van der Waals surface area contributed by atoms with E-state index in [1.54, 1.807) is 0 Å². The van der Waals surface area contributed by atoms with Gasteiger partial charge in [0.05, 0.1) is 0 Å². The van der Waals surface area contributed by atoms with Crippen molar-refractivity contribution in [2.75, 3.05) is 5.32 Å². The number of anilines is 1. The van der Waals surface area contributed by atoms with Crippen LogP contribution in [0.15, 0.2) is 88.5 Å². The first kappa shape index (κ1) is 19.0. The Balaban J connectivity index is 1.35. The van der Waals surface area contributed by atoms with Crippen LogP contribution in [0.3, 0.4) is 0 Å². The van der Waals surface area contributed by atoms with Gasteiger partial charge in [0.25, 0.3) is 11.1 Å². The van der Waals surface area contributed by atoms with Crippen molar-refractivity contribution in [1.29, 1.82) is 0 Å². The highest BCUT2D eigenvalue weighted by Gasteiger charge is 2.10. The van der Waals surface area contributed by atoms with E-state index in [0.717, 1.165) is 22.4 Å². The van der Waals surface area contributed by atoms with Crippen LogP contribution in [0, 0.1) is 6.92 Å². The molecule has 0 aliphatic rings. The topological polar surface area (TPSA) is 68.0 Å². The van der Waals surface area contributed by atoms with E-state index in [9.17, 15) is 4.79 Å². The first-order valence-corrected chi connectivity index (χ1v) is 10.1. The predicted molar refractivity (Wildman–Crippen MR) is 115 cm³/mol. The zero-order valence-corrected chi connectivity index (χ0v) is 16.6. The molecule has 1 amide bonds. The largest absolute Gasteiger partial charge is 0.411 e. The number of benzene rings is 3. The van der Waals surface area contributed by atoms with Gasteiger partial charge in [-0.2, -0.15) is 0 Å². The van der Waals surface area contributed by atoms with Crippen molar-refractivity contribution >= 4 is 23.4 Å². The smallest absolute Gasteiger partial charge is 0.277 e. The van der Waals surface area contributed by atoms with E-state index in [1.807, 2.05) is 85.8 Å². The van der Waals surface area contributed by atoms with Crippen molar-refractivity contribution in [2.24, 2.45) is 0 Å². The summed E-state index contributed by atoms with van der Waals surface area (Å²) in [5.74, 6) is 1.06. The van der Waals surface area contributed by atoms with E-state index in [0.29, 0.717) is 22.4 Å². The van der Waals surface area contributed by atoms with Crippen molar-refractivity contribution in [1.82, 2.24) is 10.2 Å². The molecule has 4 aromatic rings. The first-order valence-electron chi connectivity index (χ1n) is 9.16. The van der Waals surface area contributed by atoms with Crippen LogP contribution in [0.2, 0.25) is 0 Å². The molecule has 1 heterocycles. The molecule has 0 fully saturated rings. The molecule has 4 rings (SSSR count). The highest BCUT2D eigenvalue weighted by molar-refractivity contribution is 7.98. The summed E-state index contributed by atoms with van der Waals surface area (Å²) in [5, 5.41) is 11.6. The zero-order valence-electron chi connectivity index (χ0n) is 15.8. The van der Waals surface area contributed by atoms with E-state index in [2.05, 4.69) is 15.5 Å². The van der Waals surface area contributed by atoms with Gasteiger partial charge in [0.15, 0.2) is 0 Å². The molecule has 144 valence electrons. The second-order valence-electron chi connectivity index (χ2n) is 6.55. The van der Waals surface area contributed by atoms with Crippen LogP contribution < -0.4 is 5.32 Å². The Hall–Kier alpha value is -3.38. The summed E-state index contributed by atoms with van der Waals surface area (Å²) in [5.41, 5.74) is 4.52. The molecule has 0 aliphatic carbocycles. The van der Waals surface area contributed by atoms with Gasteiger partial charge < -0.3 is 9.73 Å². The van der Waals surface area contributed by atoms with E-state index < -0.39 is 0 Å². The maximum Gasteiger partial charge on any atom is 0.277 e. The molecule has 0 unspecified atom stereocenters. The molecular weight excluding hydrogens is 382 g/mol. The van der Waals surface area contributed by atoms with E-state index in [1.165, 1.54) is 11.8 Å². The molecule has 1 N–H and O–H groups in total. The number of thioether (sulfide) groups is 1. The van der Waals surface area contributed by atoms with Gasteiger partial charge in [0.2, 0.25) is 5.89 Å². The van der Waals surface area contributed by atoms with Gasteiger partial charge in [-0.3, -0.25) is 4.79 Å². The van der Waals surface area contributed by atoms with Crippen molar-refractivity contribution in [3.05, 3.63) is 95.6 Å². The minimum absolute atomic E-state index is 0.130. The second-order valence-corrected chi connectivity index (χ2v) is 7.47. The van der Waals surface area contributed by atoms with Gasteiger partial charge in [-0.05, 0) is 48.9 Å². The molecule has 0 spiro atoms. The van der Waals surface area contributed by atoms with Crippen molar-refractivity contribution in [3.63, 3.8) is 0 Å². The maximum absolute atomic E-state index is 12.3. The quantitative estimate of drug-likeness (QED) is 0.427. The van der Waals surface area contributed by atoms with Crippen LogP contribution >= 0.6 is 11.8 Å². The van der Waals surface area contributed by atoms with E-state index >= 15 is 0 Å². The Morgan fingerprint density at radius 2 is 1.76 bits per heavy atom. The summed E-state index contributed by atoms with van der Waals surface area (Å²) in [6.07, 6.45) is 0. The third kappa shape index (κ3) is 4.92. The number of para-hydroxylation sites is 1. The van der Waals surface area contributed by atoms with Gasteiger partial charge in [-0.1, -0.05) is 59.8 Å². The zero-order chi connectivity index (χ0) is 20.1. The van der Waals surface area contributed by atoms with Crippen molar-refractivity contribution < 1.29 is 9.21 Å². The molecule has 6 heteroatoms. The maximum atomic E-state index is 12.3. The lowest BCUT2D eigenvalue weighted by Crippen LogP contribution is -2.11. The minimum Gasteiger partial charge on any atom is -0.411 e. The number of aryl methyl sites for hydroxylation is 1. The van der Waals surface area contributed by atoms with Gasteiger partial charge in [-0.15, -0.1) is 10.2 Å². The molecule has 3 aromatic carbocycles. The molecule has 0 saturated heterocycles. The summed E-state index contributed by atoms with van der Waals surface area (Å²) in [6.45, 7) is 2.03. The number of hydrogen-bond acceptors (Lipinski definition) is 5. The minimum atomic E-state index is -0.130. The van der Waals surface area contributed by atoms with Crippen LogP contribution in [0.1, 0.15) is 21.5 Å². The number of nitrogens with one attached hydrogen (secondary N) is 1. The number of carbonyl (C=O) groups excluding carboxylic acids is 1. The van der Waals surface area contributed by atoms with Gasteiger partial charge >= 0.3 is 0 Å². The van der Waals surface area contributed by atoms with E-state index in [-0.39, 0.29) is 5.91 Å². The molecule has 0 bridgehead atoms. The van der Waals surface area contributed by atoms with Crippen molar-refractivity contribution in [2.45, 2.75) is 17.9 Å². The Bertz CT molecular complexity index is 1110. The lowest BCUT2D eigenvalue weighted by Gasteiger charge is -2.06. The Labute approximate surface area is 173 Å². The van der Waals surface area contributed by atoms with Gasteiger partial charge in [-0.25, -0.2) is 0 Å². The Morgan fingerprint density at radius 3 is 2.52 bits per heavy atom. The lowest BCUT2D eigenvalue weighted by atomic mass is 10.1. The van der Waals surface area contributed by atoms with Crippen LogP contribution in [-0.2, 0) is 5.75 Å². The molecule has 0 saturated carbocycles. The Kier molecular flexibility index (Phi) is 5.72. The summed E-state index contributed by atoms with van der Waals surface area (Å²) >= 11 is 1.47. The Morgan fingerprint density at radius 1 is 0.966 bits per heavy atom.